The maximum Gasteiger partial charge on any atom is 0.170 e. The highest BCUT2D eigenvalue weighted by molar-refractivity contribution is 9.10. The van der Waals surface area contributed by atoms with Crippen molar-refractivity contribution in [1.29, 1.82) is 0 Å². The first-order valence-electron chi connectivity index (χ1n) is 16.4. The zero-order valence-electron chi connectivity index (χ0n) is 27.8. The second kappa shape index (κ2) is 14.8. The summed E-state index contributed by atoms with van der Waals surface area (Å²) in [5.74, 6) is -0.357. The number of carbonyl (C=O) groups excluding carboxylic acids is 1. The summed E-state index contributed by atoms with van der Waals surface area (Å²) in [6.07, 6.45) is 0. The predicted octanol–water partition coefficient (Wildman–Crippen LogP) is 5.77. The van der Waals surface area contributed by atoms with Crippen molar-refractivity contribution in [1.82, 2.24) is 29.4 Å². The SMILES string of the molecule is Cc1nn(CC(C(=O)C(Cn2nc(C)c(Br)c2C)N2CCN(c3ccc(F)cc3)CC2)N2CCN(c3ccc(F)cc3)CC2)c(C)c1Br. The number of ketones is 1. The standard InChI is InChI=1S/C35H42Br2F2N8O/c1-23-33(36)25(3)46(40-23)21-31(44-17-13-42(14-18-44)29-9-5-27(38)6-10-29)35(48)32(22-47-26(4)34(37)24(2)41-47)45-19-15-43(16-20-45)30-11-7-28(39)8-12-30/h5-12,31-32H,13-22H2,1-4H3. The number of hydrogen-bond acceptors (Lipinski definition) is 7. The molecule has 6 rings (SSSR count). The Morgan fingerprint density at radius 3 is 1.25 bits per heavy atom. The van der Waals surface area contributed by atoms with E-state index in [9.17, 15) is 8.78 Å². The molecule has 2 atom stereocenters. The van der Waals surface area contributed by atoms with E-state index in [1.54, 1.807) is 0 Å². The number of piperazine rings is 2. The summed E-state index contributed by atoms with van der Waals surface area (Å²) in [6.45, 7) is 14.5. The van der Waals surface area contributed by atoms with Gasteiger partial charge in [-0.3, -0.25) is 24.0 Å². The third-order valence-electron chi connectivity index (χ3n) is 9.83. The molecule has 0 spiro atoms. The molecule has 2 saturated heterocycles. The third kappa shape index (κ3) is 7.39. The van der Waals surface area contributed by atoms with Crippen molar-refractivity contribution in [3.8, 4) is 0 Å². The molecule has 0 N–H and O–H groups in total. The minimum Gasteiger partial charge on any atom is -0.369 e. The van der Waals surface area contributed by atoms with Crippen molar-refractivity contribution in [2.24, 2.45) is 0 Å². The largest absolute Gasteiger partial charge is 0.369 e. The van der Waals surface area contributed by atoms with Crippen molar-refractivity contribution in [2.75, 3.05) is 62.2 Å². The Bertz CT molecular complexity index is 1600. The van der Waals surface area contributed by atoms with Gasteiger partial charge in [0.15, 0.2) is 5.78 Å². The molecule has 0 bridgehead atoms. The second-order valence-corrected chi connectivity index (χ2v) is 14.4. The van der Waals surface area contributed by atoms with E-state index in [1.807, 2.05) is 61.3 Å². The first-order chi connectivity index (χ1) is 23.0. The van der Waals surface area contributed by atoms with Crippen LogP contribution in [0.3, 0.4) is 0 Å². The molecule has 0 amide bonds. The van der Waals surface area contributed by atoms with Crippen LogP contribution in [0.15, 0.2) is 57.5 Å². The fourth-order valence-electron chi connectivity index (χ4n) is 6.91. The van der Waals surface area contributed by atoms with Gasteiger partial charge in [0.1, 0.15) is 11.6 Å². The van der Waals surface area contributed by atoms with Crippen LogP contribution in [0.4, 0.5) is 20.2 Å². The smallest absolute Gasteiger partial charge is 0.170 e. The van der Waals surface area contributed by atoms with Crippen LogP contribution in [-0.2, 0) is 17.9 Å². The molecular formula is C35H42Br2F2N8O. The first kappa shape index (κ1) is 34.7. The summed E-state index contributed by atoms with van der Waals surface area (Å²) in [4.78, 5) is 24.2. The molecule has 4 aromatic rings. The quantitative estimate of drug-likeness (QED) is 0.203. The Hall–Kier alpha value is -3.13. The summed E-state index contributed by atoms with van der Waals surface area (Å²) in [6, 6.07) is 12.4. The van der Waals surface area contributed by atoms with Crippen LogP contribution >= 0.6 is 31.9 Å². The van der Waals surface area contributed by atoms with E-state index in [4.69, 9.17) is 10.2 Å². The van der Waals surface area contributed by atoms with Crippen LogP contribution in [0, 0.1) is 39.3 Å². The van der Waals surface area contributed by atoms with Crippen LogP contribution in [0.1, 0.15) is 22.8 Å². The Kier molecular flexibility index (Phi) is 10.7. The summed E-state index contributed by atoms with van der Waals surface area (Å²) < 4.78 is 33.1. The third-order valence-corrected chi connectivity index (χ3v) is 12.1. The molecule has 0 saturated carbocycles. The number of anilines is 2. The molecule has 4 heterocycles. The fourth-order valence-corrected chi connectivity index (χ4v) is 7.48. The number of hydrogen-bond donors (Lipinski definition) is 0. The maximum atomic E-state index is 15.1. The highest BCUT2D eigenvalue weighted by Crippen LogP contribution is 2.26. The van der Waals surface area contributed by atoms with Gasteiger partial charge >= 0.3 is 0 Å². The molecule has 2 fully saturated rings. The number of benzene rings is 2. The van der Waals surface area contributed by atoms with Gasteiger partial charge in [-0.1, -0.05) is 0 Å². The van der Waals surface area contributed by atoms with Gasteiger partial charge in [-0.2, -0.15) is 10.2 Å². The molecule has 256 valence electrons. The van der Waals surface area contributed by atoms with Crippen LogP contribution in [0.2, 0.25) is 0 Å². The van der Waals surface area contributed by atoms with Gasteiger partial charge in [0.05, 0.1) is 45.5 Å². The Labute approximate surface area is 297 Å². The van der Waals surface area contributed by atoms with Crippen LogP contribution in [0.25, 0.3) is 0 Å². The fraction of sp³-hybridized carbons (Fsp3) is 0.457. The maximum absolute atomic E-state index is 15.1. The van der Waals surface area contributed by atoms with Crippen molar-refractivity contribution < 1.29 is 13.6 Å². The van der Waals surface area contributed by atoms with Crippen molar-refractivity contribution in [3.05, 3.63) is 91.9 Å². The number of carbonyl (C=O) groups is 1. The number of rotatable bonds is 10. The Morgan fingerprint density at radius 1 is 0.625 bits per heavy atom. The number of halogens is 4. The zero-order chi connectivity index (χ0) is 34.1. The van der Waals surface area contributed by atoms with Crippen LogP contribution < -0.4 is 9.80 Å². The first-order valence-corrected chi connectivity index (χ1v) is 18.0. The normalized spacial score (nSPS) is 17.6. The molecule has 0 aliphatic carbocycles. The highest BCUT2D eigenvalue weighted by Gasteiger charge is 2.39. The Balaban J connectivity index is 1.29. The molecule has 2 unspecified atom stereocenters. The summed E-state index contributed by atoms with van der Waals surface area (Å²) in [7, 11) is 0. The van der Waals surface area contributed by atoms with Gasteiger partial charge in [-0.15, -0.1) is 0 Å². The lowest BCUT2D eigenvalue weighted by atomic mass is 9.99. The van der Waals surface area contributed by atoms with E-state index in [2.05, 4.69) is 51.5 Å². The second-order valence-electron chi connectivity index (χ2n) is 12.8. The molecule has 2 aromatic carbocycles. The molecule has 9 nitrogen and oxygen atoms in total. The van der Waals surface area contributed by atoms with Gasteiger partial charge in [0, 0.05) is 75.1 Å². The van der Waals surface area contributed by atoms with Crippen molar-refractivity contribution in [2.45, 2.75) is 52.9 Å². The van der Waals surface area contributed by atoms with Gasteiger partial charge in [0.2, 0.25) is 0 Å². The number of nitrogens with zero attached hydrogens (tertiary/aromatic N) is 8. The molecule has 2 aliphatic heterocycles. The average molecular weight is 789 g/mol. The highest BCUT2D eigenvalue weighted by atomic mass is 79.9. The number of Topliss-reactive ketones (excluding diaryl/α,β-unsaturated/α-hetero) is 1. The summed E-state index contributed by atoms with van der Waals surface area (Å²) >= 11 is 7.36. The van der Waals surface area contributed by atoms with E-state index in [0.29, 0.717) is 39.3 Å². The molecule has 2 aliphatic rings. The average Bonchev–Trinajstić information content (AvgIpc) is 3.49. The van der Waals surface area contributed by atoms with Crippen molar-refractivity contribution >= 4 is 49.0 Å². The van der Waals surface area contributed by atoms with E-state index in [0.717, 1.165) is 69.3 Å². The lowest BCUT2D eigenvalue weighted by Gasteiger charge is -2.43. The predicted molar refractivity (Wildman–Crippen MR) is 192 cm³/mol. The van der Waals surface area contributed by atoms with Gasteiger partial charge in [0.25, 0.3) is 0 Å². The van der Waals surface area contributed by atoms with E-state index in [-0.39, 0.29) is 17.4 Å². The van der Waals surface area contributed by atoms with Crippen LogP contribution in [0.5, 0.6) is 0 Å². The van der Waals surface area contributed by atoms with Gasteiger partial charge in [-0.05, 0) is 108 Å². The van der Waals surface area contributed by atoms with E-state index in [1.165, 1.54) is 24.3 Å². The van der Waals surface area contributed by atoms with Gasteiger partial charge < -0.3 is 9.80 Å². The van der Waals surface area contributed by atoms with Crippen molar-refractivity contribution in [3.63, 3.8) is 0 Å². The van der Waals surface area contributed by atoms with E-state index < -0.39 is 12.1 Å². The lowest BCUT2D eigenvalue weighted by Crippen LogP contribution is -2.61. The topological polar surface area (TPSA) is 65.7 Å². The molecule has 2 aromatic heterocycles. The molecule has 48 heavy (non-hydrogen) atoms. The van der Waals surface area contributed by atoms with E-state index >= 15 is 4.79 Å². The molecule has 13 heteroatoms. The monoisotopic (exact) mass is 786 g/mol. The molecular weight excluding hydrogens is 746 g/mol. The summed E-state index contributed by atoms with van der Waals surface area (Å²) in [5, 5.41) is 9.61. The number of aromatic nitrogens is 4. The minimum absolute atomic E-state index is 0.146. The van der Waals surface area contributed by atoms with Crippen LogP contribution in [-0.4, -0.2) is 99.6 Å². The minimum atomic E-state index is -0.425. The zero-order valence-corrected chi connectivity index (χ0v) is 31.0. The Morgan fingerprint density at radius 2 is 0.958 bits per heavy atom. The van der Waals surface area contributed by atoms with Gasteiger partial charge in [-0.25, -0.2) is 8.78 Å². The lowest BCUT2D eigenvalue weighted by molar-refractivity contribution is -0.131. The molecule has 0 radical (unpaired) electrons. The summed E-state index contributed by atoms with van der Waals surface area (Å²) in [5.41, 5.74) is 5.72. The number of aryl methyl sites for hydroxylation is 2.